The van der Waals surface area contributed by atoms with Crippen molar-refractivity contribution in [2.75, 3.05) is 0 Å². The summed E-state index contributed by atoms with van der Waals surface area (Å²) in [6.07, 6.45) is 7.12. The molecule has 0 bridgehead atoms. The monoisotopic (exact) mass is 220 g/mol. The van der Waals surface area contributed by atoms with Crippen molar-refractivity contribution in [3.05, 3.63) is 35.9 Å². The average Bonchev–Trinajstić information content (AvgIpc) is 2.31. The molecular formula is C14H20O2. The molecule has 0 aromatic heterocycles. The third-order valence-electron chi connectivity index (χ3n) is 2.88. The van der Waals surface area contributed by atoms with Gasteiger partial charge in [-0.1, -0.05) is 49.6 Å². The van der Waals surface area contributed by atoms with Gasteiger partial charge in [0.15, 0.2) is 0 Å². The SMILES string of the molecule is CC(=O)O.c1ccc(C2CCCCC2)cc1. The van der Waals surface area contributed by atoms with E-state index >= 15 is 0 Å². The zero-order valence-electron chi connectivity index (χ0n) is 9.86. The molecule has 0 saturated heterocycles. The van der Waals surface area contributed by atoms with Crippen molar-refractivity contribution in [3.63, 3.8) is 0 Å². The standard InChI is InChI=1S/C12H16.C2H4O2/c1-3-7-11(8-4-1)12-9-5-2-6-10-12;1-2(3)4/h1,3-4,7-8,12H,2,5-6,9-10H2;1H3,(H,3,4). The Labute approximate surface area is 97.3 Å². The highest BCUT2D eigenvalue weighted by molar-refractivity contribution is 5.62. The van der Waals surface area contributed by atoms with Gasteiger partial charge < -0.3 is 5.11 Å². The fraction of sp³-hybridized carbons (Fsp3) is 0.500. The van der Waals surface area contributed by atoms with Crippen molar-refractivity contribution in [2.24, 2.45) is 0 Å². The normalized spacial score (nSPS) is 16.1. The van der Waals surface area contributed by atoms with E-state index < -0.39 is 5.97 Å². The molecule has 1 aromatic carbocycles. The summed E-state index contributed by atoms with van der Waals surface area (Å²) in [5.41, 5.74) is 1.55. The van der Waals surface area contributed by atoms with E-state index in [0.29, 0.717) is 0 Å². The molecule has 2 nitrogen and oxygen atoms in total. The van der Waals surface area contributed by atoms with E-state index in [1.807, 2.05) is 0 Å². The van der Waals surface area contributed by atoms with Crippen molar-refractivity contribution in [2.45, 2.75) is 44.9 Å². The molecule has 1 aliphatic rings. The van der Waals surface area contributed by atoms with Gasteiger partial charge in [-0.15, -0.1) is 0 Å². The van der Waals surface area contributed by atoms with Crippen molar-refractivity contribution in [1.29, 1.82) is 0 Å². The lowest BCUT2D eigenvalue weighted by molar-refractivity contribution is -0.134. The minimum absolute atomic E-state index is 0.833. The Kier molecular flexibility index (Phi) is 5.62. The summed E-state index contributed by atoms with van der Waals surface area (Å²) in [5, 5.41) is 7.42. The molecule has 1 aliphatic carbocycles. The van der Waals surface area contributed by atoms with Gasteiger partial charge >= 0.3 is 0 Å². The molecule has 88 valence electrons. The fourth-order valence-electron chi connectivity index (χ4n) is 2.16. The minimum atomic E-state index is -0.833. The summed E-state index contributed by atoms with van der Waals surface area (Å²) >= 11 is 0. The van der Waals surface area contributed by atoms with Crippen LogP contribution < -0.4 is 0 Å². The summed E-state index contributed by atoms with van der Waals surface area (Å²) < 4.78 is 0. The molecule has 1 N–H and O–H groups in total. The van der Waals surface area contributed by atoms with Crippen molar-refractivity contribution < 1.29 is 9.90 Å². The quantitative estimate of drug-likeness (QED) is 0.781. The maximum absolute atomic E-state index is 9.00. The van der Waals surface area contributed by atoms with Gasteiger partial charge in [-0.2, -0.15) is 0 Å². The van der Waals surface area contributed by atoms with Crippen LogP contribution in [-0.4, -0.2) is 11.1 Å². The number of hydrogen-bond acceptors (Lipinski definition) is 1. The lowest BCUT2D eigenvalue weighted by Gasteiger charge is -2.21. The first-order chi connectivity index (χ1) is 7.70. The van der Waals surface area contributed by atoms with Gasteiger partial charge in [0, 0.05) is 6.92 Å². The topological polar surface area (TPSA) is 37.3 Å². The van der Waals surface area contributed by atoms with Crippen LogP contribution in [-0.2, 0) is 4.79 Å². The summed E-state index contributed by atoms with van der Waals surface area (Å²) in [6, 6.07) is 11.0. The number of aliphatic carboxylic acids is 1. The van der Waals surface area contributed by atoms with Crippen molar-refractivity contribution in [3.8, 4) is 0 Å². The molecule has 0 aliphatic heterocycles. The highest BCUT2D eigenvalue weighted by Crippen LogP contribution is 2.31. The molecule has 0 atom stereocenters. The molecule has 1 aromatic rings. The van der Waals surface area contributed by atoms with Crippen LogP contribution in [0.2, 0.25) is 0 Å². The van der Waals surface area contributed by atoms with E-state index in [4.69, 9.17) is 9.90 Å². The number of carbonyl (C=O) groups is 1. The summed E-state index contributed by atoms with van der Waals surface area (Å²) in [4.78, 5) is 9.00. The maximum Gasteiger partial charge on any atom is 0.300 e. The van der Waals surface area contributed by atoms with E-state index in [2.05, 4.69) is 30.3 Å². The predicted molar refractivity (Wildman–Crippen MR) is 65.6 cm³/mol. The number of hydrogen-bond donors (Lipinski definition) is 1. The molecule has 1 fully saturated rings. The average molecular weight is 220 g/mol. The molecule has 16 heavy (non-hydrogen) atoms. The zero-order chi connectivity index (χ0) is 11.8. The molecule has 0 amide bonds. The van der Waals surface area contributed by atoms with Gasteiger partial charge in [-0.05, 0) is 24.3 Å². The summed E-state index contributed by atoms with van der Waals surface area (Å²) in [7, 11) is 0. The highest BCUT2D eigenvalue weighted by atomic mass is 16.4. The second-order valence-corrected chi connectivity index (χ2v) is 4.26. The largest absolute Gasteiger partial charge is 0.481 e. The first-order valence-electron chi connectivity index (χ1n) is 5.94. The second-order valence-electron chi connectivity index (χ2n) is 4.26. The van der Waals surface area contributed by atoms with Crippen LogP contribution in [0.4, 0.5) is 0 Å². The summed E-state index contributed by atoms with van der Waals surface area (Å²) in [5.74, 6) is 0.0277. The number of carboxylic acid groups (broad SMARTS) is 1. The molecule has 2 heteroatoms. The summed E-state index contributed by atoms with van der Waals surface area (Å²) in [6.45, 7) is 1.08. The maximum atomic E-state index is 9.00. The Hall–Kier alpha value is -1.31. The third kappa shape index (κ3) is 4.96. The molecule has 0 unspecified atom stereocenters. The Morgan fingerprint density at radius 1 is 1.12 bits per heavy atom. The van der Waals surface area contributed by atoms with Crippen LogP contribution in [0, 0.1) is 0 Å². The molecule has 0 heterocycles. The predicted octanol–water partition coefficient (Wildman–Crippen LogP) is 3.83. The molecular weight excluding hydrogens is 200 g/mol. The lowest BCUT2D eigenvalue weighted by Crippen LogP contribution is -2.03. The molecule has 2 rings (SSSR count). The minimum Gasteiger partial charge on any atom is -0.481 e. The van der Waals surface area contributed by atoms with Gasteiger partial charge in [-0.3, -0.25) is 4.79 Å². The van der Waals surface area contributed by atoms with Crippen LogP contribution >= 0.6 is 0 Å². The first kappa shape index (κ1) is 12.8. The van der Waals surface area contributed by atoms with E-state index in [-0.39, 0.29) is 0 Å². The number of benzene rings is 1. The number of rotatable bonds is 1. The van der Waals surface area contributed by atoms with Crippen molar-refractivity contribution >= 4 is 5.97 Å². The van der Waals surface area contributed by atoms with Crippen molar-refractivity contribution in [1.82, 2.24) is 0 Å². The lowest BCUT2D eigenvalue weighted by atomic mass is 9.84. The smallest absolute Gasteiger partial charge is 0.300 e. The van der Waals surface area contributed by atoms with E-state index in [1.165, 1.54) is 32.1 Å². The van der Waals surface area contributed by atoms with Gasteiger partial charge in [-0.25, -0.2) is 0 Å². The molecule has 1 saturated carbocycles. The highest BCUT2D eigenvalue weighted by Gasteiger charge is 2.14. The van der Waals surface area contributed by atoms with Crippen LogP contribution in [0.5, 0.6) is 0 Å². The van der Waals surface area contributed by atoms with Crippen LogP contribution in [0.25, 0.3) is 0 Å². The Morgan fingerprint density at radius 3 is 2.12 bits per heavy atom. The van der Waals surface area contributed by atoms with Crippen LogP contribution in [0.1, 0.15) is 50.5 Å². The molecule has 0 spiro atoms. The Balaban J connectivity index is 0.000000280. The Morgan fingerprint density at radius 2 is 1.62 bits per heavy atom. The Bertz CT molecular complexity index is 296. The van der Waals surface area contributed by atoms with Crippen LogP contribution in [0.15, 0.2) is 30.3 Å². The van der Waals surface area contributed by atoms with Gasteiger partial charge in [0.1, 0.15) is 0 Å². The van der Waals surface area contributed by atoms with Gasteiger partial charge in [0.05, 0.1) is 0 Å². The van der Waals surface area contributed by atoms with Crippen LogP contribution in [0.3, 0.4) is 0 Å². The second kappa shape index (κ2) is 7.04. The van der Waals surface area contributed by atoms with Gasteiger partial charge in [0.25, 0.3) is 5.97 Å². The fourth-order valence-corrected chi connectivity index (χ4v) is 2.16. The third-order valence-corrected chi connectivity index (χ3v) is 2.88. The van der Waals surface area contributed by atoms with E-state index in [0.717, 1.165) is 12.8 Å². The van der Waals surface area contributed by atoms with E-state index in [1.54, 1.807) is 5.56 Å². The van der Waals surface area contributed by atoms with E-state index in [9.17, 15) is 0 Å². The zero-order valence-corrected chi connectivity index (χ0v) is 9.86. The molecule has 0 radical (unpaired) electrons. The first-order valence-corrected chi connectivity index (χ1v) is 5.94. The van der Waals surface area contributed by atoms with Gasteiger partial charge in [0.2, 0.25) is 0 Å². The number of carboxylic acids is 1.